The zero-order valence-electron chi connectivity index (χ0n) is 11.1. The molecule has 0 heterocycles. The first-order chi connectivity index (χ1) is 7.11. The van der Waals surface area contributed by atoms with Crippen LogP contribution in [-0.2, 0) is 5.41 Å². The lowest BCUT2D eigenvalue weighted by molar-refractivity contribution is 0.125. The van der Waals surface area contributed by atoms with E-state index >= 15 is 0 Å². The average molecular weight is 222 g/mol. The summed E-state index contributed by atoms with van der Waals surface area (Å²) in [5.41, 5.74) is 0.532. The van der Waals surface area contributed by atoms with E-state index in [4.69, 9.17) is 4.74 Å². The van der Waals surface area contributed by atoms with Crippen LogP contribution in [0.4, 0.5) is 0 Å². The third kappa shape index (κ3) is 3.16. The van der Waals surface area contributed by atoms with E-state index in [1.807, 2.05) is 32.9 Å². The minimum Gasteiger partial charge on any atom is -0.504 e. The smallest absolute Gasteiger partial charge is 0.162 e. The van der Waals surface area contributed by atoms with Crippen molar-refractivity contribution in [3.05, 3.63) is 23.8 Å². The molecule has 0 unspecified atom stereocenters. The third-order valence-corrected chi connectivity index (χ3v) is 2.22. The summed E-state index contributed by atoms with van der Waals surface area (Å²) in [5, 5.41) is 10.2. The first-order valence-electron chi connectivity index (χ1n) is 5.63. The van der Waals surface area contributed by atoms with Crippen molar-refractivity contribution >= 4 is 0 Å². The maximum atomic E-state index is 10.2. The molecule has 1 aromatic carbocycles. The van der Waals surface area contributed by atoms with Gasteiger partial charge in [-0.1, -0.05) is 32.9 Å². The zero-order valence-corrected chi connectivity index (χ0v) is 11.1. The number of rotatable bonds is 1. The lowest BCUT2D eigenvalue weighted by Crippen LogP contribution is -2.23. The Morgan fingerprint density at radius 1 is 1.00 bits per heavy atom. The zero-order chi connectivity index (χ0) is 12.6. The van der Waals surface area contributed by atoms with E-state index in [0.717, 1.165) is 5.56 Å². The summed E-state index contributed by atoms with van der Waals surface area (Å²) < 4.78 is 5.72. The van der Waals surface area contributed by atoms with Crippen molar-refractivity contribution in [1.82, 2.24) is 0 Å². The molecule has 90 valence electrons. The molecule has 0 spiro atoms. The Balaban J connectivity index is 3.15. The van der Waals surface area contributed by atoms with Crippen LogP contribution in [0, 0.1) is 0 Å². The summed E-state index contributed by atoms with van der Waals surface area (Å²) in [6.07, 6.45) is 0. The highest BCUT2D eigenvalue weighted by atomic mass is 16.5. The van der Waals surface area contributed by atoms with Gasteiger partial charge in [0, 0.05) is 5.56 Å². The number of aromatic hydroxyl groups is 1. The monoisotopic (exact) mass is 222 g/mol. The van der Waals surface area contributed by atoms with Crippen molar-refractivity contribution in [3.8, 4) is 11.5 Å². The molecule has 0 saturated heterocycles. The minimum atomic E-state index is -0.298. The third-order valence-electron chi connectivity index (χ3n) is 2.22. The highest BCUT2D eigenvalue weighted by Gasteiger charge is 2.22. The lowest BCUT2D eigenvalue weighted by Gasteiger charge is -2.25. The molecule has 1 aromatic rings. The molecule has 0 radical (unpaired) electrons. The molecule has 0 aromatic heterocycles. The van der Waals surface area contributed by atoms with Crippen LogP contribution in [0.1, 0.15) is 47.1 Å². The van der Waals surface area contributed by atoms with Crippen molar-refractivity contribution in [2.45, 2.75) is 52.6 Å². The Morgan fingerprint density at radius 2 is 1.56 bits per heavy atom. The van der Waals surface area contributed by atoms with Gasteiger partial charge in [0.25, 0.3) is 0 Å². The summed E-state index contributed by atoms with van der Waals surface area (Å²) in [7, 11) is 0. The molecule has 0 atom stereocenters. The van der Waals surface area contributed by atoms with Gasteiger partial charge in [-0.25, -0.2) is 0 Å². The average Bonchev–Trinajstić information content (AvgIpc) is 2.04. The number of para-hydroxylation sites is 1. The molecule has 1 rings (SSSR count). The Kier molecular flexibility index (Phi) is 3.22. The van der Waals surface area contributed by atoms with Crippen molar-refractivity contribution in [2.24, 2.45) is 0 Å². The topological polar surface area (TPSA) is 29.5 Å². The second-order valence-corrected chi connectivity index (χ2v) is 6.12. The fraction of sp³-hybridized carbons (Fsp3) is 0.571. The van der Waals surface area contributed by atoms with Crippen LogP contribution < -0.4 is 4.74 Å². The predicted molar refractivity (Wildman–Crippen MR) is 67.2 cm³/mol. The second-order valence-electron chi connectivity index (χ2n) is 6.12. The first-order valence-corrected chi connectivity index (χ1v) is 5.63. The molecule has 0 aliphatic carbocycles. The van der Waals surface area contributed by atoms with Crippen LogP contribution >= 0.6 is 0 Å². The van der Waals surface area contributed by atoms with Gasteiger partial charge in [-0.15, -0.1) is 0 Å². The highest BCUT2D eigenvalue weighted by Crippen LogP contribution is 2.38. The van der Waals surface area contributed by atoms with Gasteiger partial charge in [0.15, 0.2) is 11.5 Å². The van der Waals surface area contributed by atoms with Gasteiger partial charge in [-0.05, 0) is 32.3 Å². The van der Waals surface area contributed by atoms with Crippen LogP contribution in [-0.4, -0.2) is 10.7 Å². The van der Waals surface area contributed by atoms with Crippen LogP contribution in [0.3, 0.4) is 0 Å². The molecule has 0 aliphatic heterocycles. The van der Waals surface area contributed by atoms with E-state index in [1.165, 1.54) is 0 Å². The minimum absolute atomic E-state index is 0.0820. The van der Waals surface area contributed by atoms with Gasteiger partial charge in [-0.2, -0.15) is 0 Å². The predicted octanol–water partition coefficient (Wildman–Crippen LogP) is 3.87. The fourth-order valence-electron chi connectivity index (χ4n) is 1.54. The Bertz CT molecular complexity index is 367. The van der Waals surface area contributed by atoms with E-state index in [2.05, 4.69) is 20.8 Å². The number of phenolic OH excluding ortho intramolecular Hbond substituents is 1. The number of hydrogen-bond acceptors (Lipinski definition) is 2. The summed E-state index contributed by atoms with van der Waals surface area (Å²) >= 11 is 0. The summed E-state index contributed by atoms with van der Waals surface area (Å²) in [5.74, 6) is 0.810. The van der Waals surface area contributed by atoms with Gasteiger partial charge in [0.05, 0.1) is 0 Å². The largest absolute Gasteiger partial charge is 0.504 e. The Hall–Kier alpha value is -1.18. The molecule has 0 aliphatic rings. The highest BCUT2D eigenvalue weighted by molar-refractivity contribution is 5.48. The molecule has 0 fully saturated rings. The molecule has 1 N–H and O–H groups in total. The van der Waals surface area contributed by atoms with Crippen molar-refractivity contribution in [2.75, 3.05) is 0 Å². The number of phenols is 1. The van der Waals surface area contributed by atoms with Crippen LogP contribution in [0.25, 0.3) is 0 Å². The molecule has 2 heteroatoms. The first kappa shape index (κ1) is 12.9. The molecule has 0 bridgehead atoms. The number of ether oxygens (including phenoxy) is 1. The summed E-state index contributed by atoms with van der Waals surface area (Å²) in [4.78, 5) is 0. The maximum Gasteiger partial charge on any atom is 0.162 e. The van der Waals surface area contributed by atoms with Gasteiger partial charge in [-0.3, -0.25) is 0 Å². The molecular formula is C14H22O2. The van der Waals surface area contributed by atoms with Gasteiger partial charge in [0.2, 0.25) is 0 Å². The maximum absolute atomic E-state index is 10.2. The molecule has 2 nitrogen and oxygen atoms in total. The molecule has 0 saturated carbocycles. The Morgan fingerprint density at radius 3 is 2.00 bits per heavy atom. The number of benzene rings is 1. The van der Waals surface area contributed by atoms with E-state index < -0.39 is 0 Å². The normalized spacial score (nSPS) is 12.6. The molecule has 16 heavy (non-hydrogen) atoms. The summed E-state index contributed by atoms with van der Waals surface area (Å²) in [6, 6.07) is 5.65. The van der Waals surface area contributed by atoms with E-state index in [1.54, 1.807) is 6.07 Å². The van der Waals surface area contributed by atoms with Crippen molar-refractivity contribution in [3.63, 3.8) is 0 Å². The fourth-order valence-corrected chi connectivity index (χ4v) is 1.54. The Labute approximate surface area is 98.3 Å². The van der Waals surface area contributed by atoms with Crippen LogP contribution in [0.2, 0.25) is 0 Å². The van der Waals surface area contributed by atoms with Gasteiger partial charge in [0.1, 0.15) is 5.60 Å². The van der Waals surface area contributed by atoms with Crippen molar-refractivity contribution < 1.29 is 9.84 Å². The SMILES string of the molecule is CC(C)(C)Oc1cccc(C(C)(C)C)c1O. The van der Waals surface area contributed by atoms with Gasteiger partial charge >= 0.3 is 0 Å². The van der Waals surface area contributed by atoms with Crippen LogP contribution in [0.5, 0.6) is 11.5 Å². The van der Waals surface area contributed by atoms with E-state index in [-0.39, 0.29) is 16.8 Å². The standard InChI is InChI=1S/C14H22O2/c1-13(2,3)10-8-7-9-11(12(10)15)16-14(4,5)6/h7-9,15H,1-6H3. The van der Waals surface area contributed by atoms with E-state index in [9.17, 15) is 5.11 Å². The summed E-state index contributed by atoms with van der Waals surface area (Å²) in [6.45, 7) is 12.1. The van der Waals surface area contributed by atoms with Crippen molar-refractivity contribution in [1.29, 1.82) is 0 Å². The second kappa shape index (κ2) is 4.00. The van der Waals surface area contributed by atoms with Gasteiger partial charge < -0.3 is 9.84 Å². The van der Waals surface area contributed by atoms with E-state index in [0.29, 0.717) is 5.75 Å². The lowest BCUT2D eigenvalue weighted by atomic mass is 9.86. The molecule has 0 amide bonds. The van der Waals surface area contributed by atoms with Crippen LogP contribution in [0.15, 0.2) is 18.2 Å². The molecular weight excluding hydrogens is 200 g/mol. The number of hydrogen-bond donors (Lipinski definition) is 1. The quantitative estimate of drug-likeness (QED) is 0.781.